The summed E-state index contributed by atoms with van der Waals surface area (Å²) in [5.41, 5.74) is 0. The number of hydrogen-bond donors (Lipinski definition) is 0. The van der Waals surface area contributed by atoms with Gasteiger partial charge in [0.15, 0.2) is 0 Å². The minimum atomic E-state index is -4.18. The highest BCUT2D eigenvalue weighted by Gasteiger charge is 2.28. The molecule has 0 aliphatic heterocycles. The predicted molar refractivity (Wildman–Crippen MR) is 44.3 cm³/mol. The Balaban J connectivity index is 3.62. The van der Waals surface area contributed by atoms with Crippen molar-refractivity contribution in [2.24, 2.45) is 5.92 Å². The van der Waals surface area contributed by atoms with Crippen LogP contribution in [0.2, 0.25) is 0 Å². The maximum absolute atomic E-state index is 12.3. The van der Waals surface area contributed by atoms with Crippen molar-refractivity contribution in [3.05, 3.63) is 0 Å². The van der Waals surface area contributed by atoms with Crippen LogP contribution in [-0.4, -0.2) is 12.1 Å². The summed E-state index contributed by atoms with van der Waals surface area (Å²) in [5.74, 6) is -3.07. The van der Waals surface area contributed by atoms with Crippen LogP contribution in [0.1, 0.15) is 39.5 Å². The van der Waals surface area contributed by atoms with Crippen molar-refractivity contribution in [3.63, 3.8) is 0 Å². The Labute approximate surface area is 80.5 Å². The second-order valence-electron chi connectivity index (χ2n) is 3.87. The first kappa shape index (κ1) is 13.7. The smallest absolute Gasteiger partial charge is 0.207 e. The van der Waals surface area contributed by atoms with E-state index in [1.807, 2.05) is 0 Å². The van der Waals surface area contributed by atoms with Crippen molar-refractivity contribution in [2.75, 3.05) is 0 Å². The molecule has 0 heterocycles. The molecule has 0 bridgehead atoms. The second kappa shape index (κ2) is 4.94. The molecule has 1 atom stereocenters. The number of halogens is 5. The van der Waals surface area contributed by atoms with Gasteiger partial charge in [-0.15, -0.1) is 0 Å². The van der Waals surface area contributed by atoms with Gasteiger partial charge >= 0.3 is 6.18 Å². The highest BCUT2D eigenvalue weighted by atomic mass is 19.4. The first-order valence-corrected chi connectivity index (χ1v) is 4.55. The lowest BCUT2D eigenvalue weighted by molar-refractivity contribution is -0.137. The first-order chi connectivity index (χ1) is 6.10. The van der Waals surface area contributed by atoms with E-state index >= 15 is 0 Å². The topological polar surface area (TPSA) is 0 Å². The SMILES string of the molecule is CC(CCC(C)(F)F)CCC(F)(F)F. The molecule has 0 aromatic rings. The number of rotatable bonds is 5. The zero-order valence-corrected chi connectivity index (χ0v) is 8.30. The van der Waals surface area contributed by atoms with Crippen LogP contribution in [0.3, 0.4) is 0 Å². The van der Waals surface area contributed by atoms with Crippen LogP contribution in [0.25, 0.3) is 0 Å². The minimum absolute atomic E-state index is 0.0699. The van der Waals surface area contributed by atoms with Crippen LogP contribution in [-0.2, 0) is 0 Å². The summed E-state index contributed by atoms with van der Waals surface area (Å²) < 4.78 is 59.9. The summed E-state index contributed by atoms with van der Waals surface area (Å²) in [6, 6.07) is 0. The third kappa shape index (κ3) is 9.74. The molecule has 0 rings (SSSR count). The summed E-state index contributed by atoms with van der Waals surface area (Å²) in [5, 5.41) is 0. The zero-order valence-electron chi connectivity index (χ0n) is 8.30. The molecular formula is C9H15F5. The zero-order chi connectivity index (χ0) is 11.4. The monoisotopic (exact) mass is 218 g/mol. The molecule has 0 nitrogen and oxygen atoms in total. The fourth-order valence-corrected chi connectivity index (χ4v) is 1.05. The molecule has 1 unspecified atom stereocenters. The molecule has 0 fully saturated rings. The molecule has 0 aliphatic rings. The van der Waals surface area contributed by atoms with Crippen molar-refractivity contribution in [2.45, 2.75) is 51.6 Å². The van der Waals surface area contributed by atoms with Gasteiger partial charge in [-0.2, -0.15) is 13.2 Å². The van der Waals surface area contributed by atoms with E-state index in [9.17, 15) is 22.0 Å². The lowest BCUT2D eigenvalue weighted by atomic mass is 9.98. The molecule has 0 amide bonds. The molecule has 0 radical (unpaired) electrons. The fourth-order valence-electron chi connectivity index (χ4n) is 1.05. The van der Waals surface area contributed by atoms with Crippen molar-refractivity contribution < 1.29 is 22.0 Å². The molecule has 0 spiro atoms. The van der Waals surface area contributed by atoms with Gasteiger partial charge in [-0.3, -0.25) is 0 Å². The molecule has 0 aliphatic carbocycles. The molecule has 0 saturated heterocycles. The van der Waals surface area contributed by atoms with Crippen LogP contribution in [0.4, 0.5) is 22.0 Å². The summed E-state index contributed by atoms with van der Waals surface area (Å²) in [6.07, 6.45) is -5.34. The fraction of sp³-hybridized carbons (Fsp3) is 1.00. The highest BCUT2D eigenvalue weighted by molar-refractivity contribution is 4.63. The molecule has 14 heavy (non-hydrogen) atoms. The lowest BCUT2D eigenvalue weighted by Gasteiger charge is -2.15. The summed E-state index contributed by atoms with van der Waals surface area (Å²) in [6.45, 7) is 2.35. The molecule has 0 aromatic carbocycles. The van der Waals surface area contributed by atoms with E-state index < -0.39 is 18.5 Å². The molecular weight excluding hydrogens is 203 g/mol. The van der Waals surface area contributed by atoms with Gasteiger partial charge in [-0.05, 0) is 25.7 Å². The van der Waals surface area contributed by atoms with E-state index in [4.69, 9.17) is 0 Å². The Hall–Kier alpha value is -0.350. The first-order valence-electron chi connectivity index (χ1n) is 4.55. The predicted octanol–water partition coefficient (Wildman–Crippen LogP) is 4.40. The van der Waals surface area contributed by atoms with E-state index in [2.05, 4.69) is 0 Å². The minimum Gasteiger partial charge on any atom is -0.207 e. The highest BCUT2D eigenvalue weighted by Crippen LogP contribution is 2.28. The Morgan fingerprint density at radius 3 is 1.71 bits per heavy atom. The van der Waals surface area contributed by atoms with Crippen LogP contribution in [0, 0.1) is 5.92 Å². The van der Waals surface area contributed by atoms with Crippen molar-refractivity contribution in [1.29, 1.82) is 0 Å². The van der Waals surface area contributed by atoms with Gasteiger partial charge in [0.25, 0.3) is 0 Å². The summed E-state index contributed by atoms with van der Waals surface area (Å²) >= 11 is 0. The van der Waals surface area contributed by atoms with Gasteiger partial charge in [-0.1, -0.05) is 6.92 Å². The largest absolute Gasteiger partial charge is 0.389 e. The van der Waals surface area contributed by atoms with Crippen molar-refractivity contribution in [1.82, 2.24) is 0 Å². The van der Waals surface area contributed by atoms with Crippen LogP contribution < -0.4 is 0 Å². The van der Waals surface area contributed by atoms with Crippen molar-refractivity contribution in [3.8, 4) is 0 Å². The van der Waals surface area contributed by atoms with E-state index in [1.165, 1.54) is 0 Å². The lowest BCUT2D eigenvalue weighted by Crippen LogP contribution is -2.13. The van der Waals surface area contributed by atoms with Crippen LogP contribution in [0.15, 0.2) is 0 Å². The van der Waals surface area contributed by atoms with Gasteiger partial charge in [0.05, 0.1) is 0 Å². The van der Waals surface area contributed by atoms with Gasteiger partial charge < -0.3 is 0 Å². The molecule has 0 N–H and O–H groups in total. The molecule has 0 saturated carbocycles. The number of alkyl halides is 5. The molecule has 5 heteroatoms. The second-order valence-corrected chi connectivity index (χ2v) is 3.87. The van der Waals surface area contributed by atoms with E-state index in [-0.39, 0.29) is 25.2 Å². The maximum atomic E-state index is 12.3. The Kier molecular flexibility index (Phi) is 4.81. The summed E-state index contributed by atoms with van der Waals surface area (Å²) in [4.78, 5) is 0. The summed E-state index contributed by atoms with van der Waals surface area (Å²) in [7, 11) is 0. The van der Waals surface area contributed by atoms with Crippen LogP contribution in [0.5, 0.6) is 0 Å². The standard InChI is InChI=1S/C9H15F5/c1-7(3-5-8(2,10)11)4-6-9(12,13)14/h7H,3-6H2,1-2H3. The van der Waals surface area contributed by atoms with Gasteiger partial charge in [0, 0.05) is 12.8 Å². The van der Waals surface area contributed by atoms with Gasteiger partial charge in [0.2, 0.25) is 5.92 Å². The van der Waals surface area contributed by atoms with Gasteiger partial charge in [0.1, 0.15) is 0 Å². The quantitative estimate of drug-likeness (QED) is 0.600. The third-order valence-electron chi connectivity index (χ3n) is 2.00. The Morgan fingerprint density at radius 1 is 0.929 bits per heavy atom. The number of hydrogen-bond acceptors (Lipinski definition) is 0. The average Bonchev–Trinajstić information content (AvgIpc) is 1.94. The average molecular weight is 218 g/mol. The van der Waals surface area contributed by atoms with Crippen molar-refractivity contribution >= 4 is 0 Å². The van der Waals surface area contributed by atoms with Crippen LogP contribution >= 0.6 is 0 Å². The van der Waals surface area contributed by atoms with E-state index in [1.54, 1.807) is 6.92 Å². The maximum Gasteiger partial charge on any atom is 0.389 e. The Morgan fingerprint density at radius 2 is 1.36 bits per heavy atom. The van der Waals surface area contributed by atoms with E-state index in [0.717, 1.165) is 6.92 Å². The van der Waals surface area contributed by atoms with E-state index in [0.29, 0.717) is 0 Å². The third-order valence-corrected chi connectivity index (χ3v) is 2.00. The van der Waals surface area contributed by atoms with Gasteiger partial charge in [-0.25, -0.2) is 8.78 Å². The normalized spacial score (nSPS) is 15.6. The molecule has 0 aromatic heterocycles. The Bertz CT molecular complexity index is 138. The molecule has 86 valence electrons.